The summed E-state index contributed by atoms with van der Waals surface area (Å²) in [6.45, 7) is 0.359. The first-order valence-electron chi connectivity index (χ1n) is 12.2. The minimum absolute atomic E-state index is 0.00701. The molecule has 3 aromatic rings. The Hall–Kier alpha value is -3.29. The van der Waals surface area contributed by atoms with Gasteiger partial charge in [-0.05, 0) is 59.9 Å². The van der Waals surface area contributed by atoms with Crippen molar-refractivity contribution in [3.63, 3.8) is 0 Å². The molecule has 0 heterocycles. The van der Waals surface area contributed by atoms with E-state index in [0.29, 0.717) is 18.2 Å². The highest BCUT2D eigenvalue weighted by Gasteiger charge is 2.23. The van der Waals surface area contributed by atoms with E-state index in [4.69, 9.17) is 9.84 Å². The van der Waals surface area contributed by atoms with Crippen LogP contribution in [0.5, 0.6) is 5.75 Å². The number of ether oxygens (including phenoxy) is 1. The first-order valence-corrected chi connectivity index (χ1v) is 13.1. The van der Waals surface area contributed by atoms with Gasteiger partial charge in [0.05, 0.1) is 6.04 Å². The van der Waals surface area contributed by atoms with Crippen molar-refractivity contribution >= 4 is 23.2 Å². The van der Waals surface area contributed by atoms with E-state index in [9.17, 15) is 9.59 Å². The Balaban J connectivity index is 1.29. The summed E-state index contributed by atoms with van der Waals surface area (Å²) in [5, 5.41) is 8.90. The van der Waals surface area contributed by atoms with Crippen molar-refractivity contribution in [2.24, 2.45) is 5.92 Å². The molecule has 188 valence electrons. The van der Waals surface area contributed by atoms with Crippen LogP contribution in [-0.4, -0.2) is 41.4 Å². The summed E-state index contributed by atoms with van der Waals surface area (Å²) < 4.78 is 8.86. The molecule has 0 radical (unpaired) electrons. The second kappa shape index (κ2) is 12.6. The number of carbonyl (C=O) groups excluding carboxylic acids is 1. The highest BCUT2D eigenvalue weighted by molar-refractivity contribution is 8.11. The van der Waals surface area contributed by atoms with Crippen LogP contribution in [0.15, 0.2) is 78.9 Å². The second-order valence-corrected chi connectivity index (χ2v) is 9.92. The number of rotatable bonds is 10. The monoisotopic (exact) mass is 504 g/mol. The number of aliphatic carboxylic acids is 1. The normalized spacial score (nSPS) is 14.8. The second-order valence-electron chi connectivity index (χ2n) is 9.14. The lowest BCUT2D eigenvalue weighted by atomic mass is 9.82. The van der Waals surface area contributed by atoms with E-state index in [1.807, 2.05) is 55.6 Å². The lowest BCUT2D eigenvalue weighted by Crippen LogP contribution is -2.30. The van der Waals surface area contributed by atoms with Gasteiger partial charge in [0.1, 0.15) is 5.75 Å². The zero-order chi connectivity index (χ0) is 25.3. The number of nitrogens with one attached hydrogen (secondary N) is 1. The zero-order valence-electron chi connectivity index (χ0n) is 20.4. The molecule has 3 aromatic carbocycles. The fraction of sp³-hybridized carbons (Fsp3) is 0.310. The quantitative estimate of drug-likeness (QED) is 0.344. The maximum atomic E-state index is 12.9. The molecular weight excluding hydrogens is 472 g/mol. The van der Waals surface area contributed by atoms with Crippen LogP contribution in [0.3, 0.4) is 0 Å². The molecule has 0 fully saturated rings. The molecule has 6 nitrogen and oxygen atoms in total. The van der Waals surface area contributed by atoms with Crippen molar-refractivity contribution < 1.29 is 19.4 Å². The standard InChI is InChI=1S/C29H32N2O4S/c1-31(18-17-21-15-16-25-24(19-21)13-8-14-26(25)35-20-27(32)33)29(34)36-30-28(22-9-4-2-5-10-22)23-11-6-3-7-12-23/h2-14,21,28,30H,15-20H2,1H3,(H,32,33). The van der Waals surface area contributed by atoms with Gasteiger partial charge in [-0.15, -0.1) is 0 Å². The number of hydrogen-bond donors (Lipinski definition) is 2. The first-order chi connectivity index (χ1) is 17.5. The third-order valence-electron chi connectivity index (χ3n) is 6.61. The van der Waals surface area contributed by atoms with Gasteiger partial charge in [-0.2, -0.15) is 0 Å². The molecule has 1 amide bonds. The Morgan fingerprint density at radius 1 is 1.03 bits per heavy atom. The van der Waals surface area contributed by atoms with Gasteiger partial charge in [0.25, 0.3) is 5.24 Å². The zero-order valence-corrected chi connectivity index (χ0v) is 21.2. The third kappa shape index (κ3) is 6.89. The van der Waals surface area contributed by atoms with Crippen LogP contribution in [0.1, 0.15) is 41.1 Å². The Kier molecular flexibility index (Phi) is 9.03. The SMILES string of the molecule is CN(CCC1CCc2c(cccc2OCC(=O)O)C1)C(=O)SNC(c1ccccc1)c1ccccc1. The van der Waals surface area contributed by atoms with Gasteiger partial charge in [-0.25, -0.2) is 9.52 Å². The minimum atomic E-state index is -0.972. The molecule has 1 aliphatic carbocycles. The van der Waals surface area contributed by atoms with Gasteiger partial charge < -0.3 is 14.7 Å². The topological polar surface area (TPSA) is 78.9 Å². The summed E-state index contributed by atoms with van der Waals surface area (Å²) >= 11 is 1.14. The van der Waals surface area contributed by atoms with Crippen molar-refractivity contribution in [3.05, 3.63) is 101 Å². The van der Waals surface area contributed by atoms with Crippen LogP contribution in [0, 0.1) is 5.92 Å². The fourth-order valence-corrected chi connectivity index (χ4v) is 5.38. The van der Waals surface area contributed by atoms with Gasteiger partial charge in [-0.3, -0.25) is 4.79 Å². The molecule has 0 saturated heterocycles. The summed E-state index contributed by atoms with van der Waals surface area (Å²) in [6, 6.07) is 26.1. The van der Waals surface area contributed by atoms with Crippen molar-refractivity contribution in [2.45, 2.75) is 31.7 Å². The van der Waals surface area contributed by atoms with Gasteiger partial charge >= 0.3 is 5.97 Å². The predicted octanol–water partition coefficient (Wildman–Crippen LogP) is 5.72. The largest absolute Gasteiger partial charge is 0.482 e. The van der Waals surface area contributed by atoms with Crippen LogP contribution in [0.2, 0.25) is 0 Å². The number of carboxylic acid groups (broad SMARTS) is 1. The Morgan fingerprint density at radius 3 is 2.33 bits per heavy atom. The predicted molar refractivity (Wildman–Crippen MR) is 143 cm³/mol. The first kappa shape index (κ1) is 25.8. The molecule has 0 saturated carbocycles. The summed E-state index contributed by atoms with van der Waals surface area (Å²) in [5.41, 5.74) is 4.55. The van der Waals surface area contributed by atoms with Crippen LogP contribution >= 0.6 is 11.9 Å². The van der Waals surface area contributed by atoms with Gasteiger partial charge in [0.15, 0.2) is 6.61 Å². The molecule has 1 unspecified atom stereocenters. The number of hydrogen-bond acceptors (Lipinski definition) is 5. The summed E-state index contributed by atoms with van der Waals surface area (Å²) in [4.78, 5) is 25.6. The Bertz CT molecular complexity index is 1120. The van der Waals surface area contributed by atoms with E-state index >= 15 is 0 Å². The van der Waals surface area contributed by atoms with E-state index in [1.54, 1.807) is 4.90 Å². The minimum Gasteiger partial charge on any atom is -0.482 e. The molecule has 36 heavy (non-hydrogen) atoms. The molecule has 0 aliphatic heterocycles. The van der Waals surface area contributed by atoms with E-state index in [2.05, 4.69) is 35.1 Å². The van der Waals surface area contributed by atoms with E-state index < -0.39 is 5.97 Å². The van der Waals surface area contributed by atoms with Crippen molar-refractivity contribution in [1.82, 2.24) is 9.62 Å². The van der Waals surface area contributed by atoms with Crippen molar-refractivity contribution in [2.75, 3.05) is 20.2 Å². The molecule has 1 aliphatic rings. The van der Waals surface area contributed by atoms with Gasteiger partial charge in [0.2, 0.25) is 0 Å². The van der Waals surface area contributed by atoms with E-state index in [1.165, 1.54) is 5.56 Å². The molecular formula is C29H32N2O4S. The van der Waals surface area contributed by atoms with Crippen molar-refractivity contribution in [3.8, 4) is 5.75 Å². The Morgan fingerprint density at radius 2 is 1.69 bits per heavy atom. The summed E-state index contributed by atoms with van der Waals surface area (Å²) in [6.07, 6.45) is 3.69. The highest BCUT2D eigenvalue weighted by atomic mass is 32.2. The molecule has 1 atom stereocenters. The van der Waals surface area contributed by atoms with E-state index in [-0.39, 0.29) is 17.9 Å². The lowest BCUT2D eigenvalue weighted by molar-refractivity contribution is -0.139. The Labute approximate surface area is 216 Å². The maximum absolute atomic E-state index is 12.9. The van der Waals surface area contributed by atoms with Crippen LogP contribution in [-0.2, 0) is 17.6 Å². The highest BCUT2D eigenvalue weighted by Crippen LogP contribution is 2.33. The van der Waals surface area contributed by atoms with Gasteiger partial charge in [-0.1, -0.05) is 72.8 Å². The number of amides is 1. The van der Waals surface area contributed by atoms with E-state index in [0.717, 1.165) is 54.3 Å². The number of carbonyl (C=O) groups is 2. The van der Waals surface area contributed by atoms with Crippen LogP contribution < -0.4 is 9.46 Å². The third-order valence-corrected chi connectivity index (χ3v) is 7.45. The summed E-state index contributed by atoms with van der Waals surface area (Å²) in [7, 11) is 1.85. The number of carboxylic acids is 1. The maximum Gasteiger partial charge on any atom is 0.341 e. The molecule has 7 heteroatoms. The average molecular weight is 505 g/mol. The molecule has 0 bridgehead atoms. The molecule has 2 N–H and O–H groups in total. The van der Waals surface area contributed by atoms with Crippen LogP contribution in [0.4, 0.5) is 4.79 Å². The average Bonchev–Trinajstić information content (AvgIpc) is 2.91. The number of benzene rings is 3. The molecule has 0 aromatic heterocycles. The number of nitrogens with zero attached hydrogens (tertiary/aromatic N) is 1. The summed E-state index contributed by atoms with van der Waals surface area (Å²) in [5.74, 6) is 0.177. The van der Waals surface area contributed by atoms with Crippen molar-refractivity contribution in [1.29, 1.82) is 0 Å². The molecule has 4 rings (SSSR count). The number of fused-ring (bicyclic) bond motifs is 1. The lowest BCUT2D eigenvalue weighted by Gasteiger charge is -2.28. The smallest absolute Gasteiger partial charge is 0.341 e. The fourth-order valence-electron chi connectivity index (χ4n) is 4.64. The molecule has 0 spiro atoms. The van der Waals surface area contributed by atoms with Gasteiger partial charge in [0, 0.05) is 25.5 Å². The van der Waals surface area contributed by atoms with Crippen LogP contribution in [0.25, 0.3) is 0 Å².